The lowest BCUT2D eigenvalue weighted by atomic mass is 9.94. The van der Waals surface area contributed by atoms with Crippen molar-refractivity contribution in [1.29, 1.82) is 0 Å². The molecule has 2 aromatic rings. The molecule has 0 heterocycles. The van der Waals surface area contributed by atoms with E-state index in [2.05, 4.69) is 70.9 Å². The standard InChI is InChI=1S/C50H82N6O4/c1-10-18-22-38(14-5)33-55(34-39(15-6)23-19-11-2)49(59)42-30-43(50(60)56(35-40(16-7)24-20-12-3)36-41(17-8)25-21-13-4)32-46(31-42)53-54-47(37(9)57)48(58)52-45-28-26-44(51)27-29-45/h26-32,38-41,57H,10-25,33-36,51H2,1-9H3,(H,52,58). The first-order valence-corrected chi connectivity index (χ1v) is 23.6. The largest absolute Gasteiger partial charge is 0.510 e. The van der Waals surface area contributed by atoms with E-state index in [1.54, 1.807) is 42.5 Å². The molecule has 10 heteroatoms. The van der Waals surface area contributed by atoms with Gasteiger partial charge in [-0.15, -0.1) is 5.11 Å². The maximum atomic E-state index is 15.0. The Balaban J connectivity index is 2.79. The predicted octanol–water partition coefficient (Wildman–Crippen LogP) is 13.5. The number of benzene rings is 2. The summed E-state index contributed by atoms with van der Waals surface area (Å²) in [4.78, 5) is 47.4. The Morgan fingerprint density at radius 3 is 1.30 bits per heavy atom. The van der Waals surface area contributed by atoms with E-state index >= 15 is 0 Å². The topological polar surface area (TPSA) is 141 Å². The molecule has 60 heavy (non-hydrogen) atoms. The predicted molar refractivity (Wildman–Crippen MR) is 251 cm³/mol. The molecule has 3 amide bonds. The summed E-state index contributed by atoms with van der Waals surface area (Å²) in [7, 11) is 0. The van der Waals surface area contributed by atoms with Crippen molar-refractivity contribution in [2.75, 3.05) is 37.2 Å². The molecular weight excluding hydrogens is 749 g/mol. The number of azo groups is 1. The lowest BCUT2D eigenvalue weighted by Gasteiger charge is -2.32. The van der Waals surface area contributed by atoms with E-state index < -0.39 is 5.91 Å². The van der Waals surface area contributed by atoms with Gasteiger partial charge < -0.3 is 26.0 Å². The molecule has 0 spiro atoms. The minimum atomic E-state index is -0.657. The van der Waals surface area contributed by atoms with E-state index in [0.717, 1.165) is 103 Å². The van der Waals surface area contributed by atoms with E-state index in [9.17, 15) is 19.5 Å². The number of rotatable bonds is 30. The summed E-state index contributed by atoms with van der Waals surface area (Å²) in [5.41, 5.74) is 7.58. The average Bonchev–Trinajstić information content (AvgIpc) is 3.25. The fourth-order valence-electron chi connectivity index (χ4n) is 7.82. The third kappa shape index (κ3) is 18.2. The second kappa shape index (κ2) is 29.1. The smallest absolute Gasteiger partial charge is 0.279 e. The van der Waals surface area contributed by atoms with Gasteiger partial charge in [0.1, 0.15) is 5.76 Å². The van der Waals surface area contributed by atoms with E-state index in [-0.39, 0.29) is 29.0 Å². The fourth-order valence-corrected chi connectivity index (χ4v) is 7.82. The Morgan fingerprint density at radius 2 is 0.983 bits per heavy atom. The summed E-state index contributed by atoms with van der Waals surface area (Å²) >= 11 is 0. The van der Waals surface area contributed by atoms with Crippen LogP contribution in [0, 0.1) is 23.7 Å². The van der Waals surface area contributed by atoms with E-state index in [4.69, 9.17) is 5.73 Å². The number of aliphatic hydroxyl groups is 1. The number of carbonyl (C=O) groups excluding carboxylic acids is 3. The van der Waals surface area contributed by atoms with Gasteiger partial charge in [-0.2, -0.15) is 5.11 Å². The van der Waals surface area contributed by atoms with Gasteiger partial charge in [-0.1, -0.05) is 132 Å². The maximum Gasteiger partial charge on any atom is 0.279 e. The second-order valence-corrected chi connectivity index (χ2v) is 17.1. The number of nitrogens with zero attached hydrogens (tertiary/aromatic N) is 4. The molecule has 0 bridgehead atoms. The number of nitrogen functional groups attached to an aromatic ring is 1. The molecule has 0 saturated heterocycles. The van der Waals surface area contributed by atoms with Crippen LogP contribution in [-0.2, 0) is 4.79 Å². The number of hydrogen-bond acceptors (Lipinski definition) is 7. The van der Waals surface area contributed by atoms with Gasteiger partial charge in [0.2, 0.25) is 0 Å². The SMILES string of the molecule is CCCCC(CC)CN(CC(CC)CCCC)C(=O)c1cc(N=NC(C(=O)Nc2ccc(N)cc2)=C(C)O)cc(C(=O)N(CC(CC)CCCC)CC(CC)CCCC)c1. The normalized spacial score (nSPS) is 14.0. The van der Waals surface area contributed by atoms with Crippen LogP contribution < -0.4 is 11.1 Å². The Morgan fingerprint density at radius 1 is 0.617 bits per heavy atom. The maximum absolute atomic E-state index is 15.0. The summed E-state index contributed by atoms with van der Waals surface area (Å²) in [6, 6.07) is 11.8. The van der Waals surface area contributed by atoms with Crippen molar-refractivity contribution in [3.63, 3.8) is 0 Å². The molecule has 0 aliphatic rings. The highest BCUT2D eigenvalue weighted by molar-refractivity contribution is 6.04. The minimum Gasteiger partial charge on any atom is -0.510 e. The van der Waals surface area contributed by atoms with Gasteiger partial charge in [-0.25, -0.2) is 0 Å². The van der Waals surface area contributed by atoms with Crippen molar-refractivity contribution in [2.45, 2.75) is 165 Å². The van der Waals surface area contributed by atoms with Crippen LogP contribution in [0.5, 0.6) is 0 Å². The van der Waals surface area contributed by atoms with Crippen molar-refractivity contribution >= 4 is 34.8 Å². The minimum absolute atomic E-state index is 0.128. The number of hydrogen-bond donors (Lipinski definition) is 3. The molecule has 2 aromatic carbocycles. The second-order valence-electron chi connectivity index (χ2n) is 17.1. The van der Waals surface area contributed by atoms with Crippen LogP contribution in [0.3, 0.4) is 0 Å². The average molecular weight is 831 g/mol. The van der Waals surface area contributed by atoms with Gasteiger partial charge in [-0.3, -0.25) is 14.4 Å². The van der Waals surface area contributed by atoms with E-state index in [1.807, 2.05) is 9.80 Å². The lowest BCUT2D eigenvalue weighted by Crippen LogP contribution is -2.40. The molecule has 2 rings (SSSR count). The van der Waals surface area contributed by atoms with Crippen LogP contribution in [0.4, 0.5) is 17.1 Å². The molecule has 10 nitrogen and oxygen atoms in total. The number of allylic oxidation sites excluding steroid dienone is 1. The number of unbranched alkanes of at least 4 members (excludes halogenated alkanes) is 4. The molecule has 4 N–H and O–H groups in total. The number of anilines is 2. The fraction of sp³-hybridized carbons (Fsp3) is 0.660. The molecule has 0 aliphatic heterocycles. The van der Waals surface area contributed by atoms with Crippen LogP contribution in [0.25, 0.3) is 0 Å². The van der Waals surface area contributed by atoms with Gasteiger partial charge in [0.15, 0.2) is 5.70 Å². The Bertz CT molecular complexity index is 1510. The van der Waals surface area contributed by atoms with Crippen LogP contribution in [0.1, 0.15) is 186 Å². The summed E-state index contributed by atoms with van der Waals surface area (Å²) in [5, 5.41) is 22.1. The van der Waals surface area contributed by atoms with Gasteiger partial charge in [0.25, 0.3) is 17.7 Å². The summed E-state index contributed by atoms with van der Waals surface area (Å²) < 4.78 is 0. The van der Waals surface area contributed by atoms with Crippen LogP contribution in [0.2, 0.25) is 0 Å². The van der Waals surface area contributed by atoms with Gasteiger partial charge in [0.05, 0.1) is 5.69 Å². The summed E-state index contributed by atoms with van der Waals surface area (Å²) in [5.74, 6) is 0.210. The third-order valence-electron chi connectivity index (χ3n) is 12.1. The zero-order chi connectivity index (χ0) is 44.5. The van der Waals surface area contributed by atoms with Gasteiger partial charge in [-0.05, 0) is 98.7 Å². The highest BCUT2D eigenvalue weighted by Gasteiger charge is 2.27. The van der Waals surface area contributed by atoms with Crippen molar-refractivity contribution in [3.05, 3.63) is 65.0 Å². The number of nitrogens with one attached hydrogen (secondary N) is 1. The van der Waals surface area contributed by atoms with Gasteiger partial charge in [0, 0.05) is 48.7 Å². The molecule has 4 atom stereocenters. The lowest BCUT2D eigenvalue weighted by molar-refractivity contribution is -0.113. The third-order valence-corrected chi connectivity index (χ3v) is 12.1. The monoisotopic (exact) mass is 831 g/mol. The van der Waals surface area contributed by atoms with Crippen molar-refractivity contribution in [1.82, 2.24) is 9.80 Å². The first-order chi connectivity index (χ1) is 28.9. The number of amides is 3. The zero-order valence-corrected chi connectivity index (χ0v) is 39.0. The summed E-state index contributed by atoms with van der Waals surface area (Å²) in [6.07, 6.45) is 17.0. The van der Waals surface area contributed by atoms with Crippen LogP contribution >= 0.6 is 0 Å². The first kappa shape index (κ1) is 51.9. The number of carbonyl (C=O) groups is 3. The first-order valence-electron chi connectivity index (χ1n) is 23.6. The molecular formula is C50H82N6O4. The van der Waals surface area contributed by atoms with E-state index in [1.165, 1.54) is 6.92 Å². The molecule has 0 fully saturated rings. The zero-order valence-electron chi connectivity index (χ0n) is 39.0. The molecule has 336 valence electrons. The van der Waals surface area contributed by atoms with E-state index in [0.29, 0.717) is 72.4 Å². The molecule has 4 unspecified atom stereocenters. The Hall–Kier alpha value is -4.21. The molecule has 0 aliphatic carbocycles. The van der Waals surface area contributed by atoms with Crippen molar-refractivity contribution in [3.8, 4) is 0 Å². The Kier molecular flexibility index (Phi) is 25.2. The van der Waals surface area contributed by atoms with Crippen molar-refractivity contribution < 1.29 is 19.5 Å². The number of aliphatic hydroxyl groups excluding tert-OH is 1. The van der Waals surface area contributed by atoms with Crippen molar-refractivity contribution in [2.24, 2.45) is 33.9 Å². The molecule has 0 radical (unpaired) electrons. The Labute approximate surface area is 364 Å². The van der Waals surface area contributed by atoms with Gasteiger partial charge >= 0.3 is 0 Å². The van der Waals surface area contributed by atoms with Crippen LogP contribution in [0.15, 0.2) is 64.1 Å². The quantitative estimate of drug-likeness (QED) is 0.0311. The summed E-state index contributed by atoms with van der Waals surface area (Å²) in [6.45, 7) is 21.6. The number of nitrogens with two attached hydrogens (primary N) is 1. The molecule has 0 saturated carbocycles. The highest BCUT2D eigenvalue weighted by atomic mass is 16.3. The highest BCUT2D eigenvalue weighted by Crippen LogP contribution is 2.28. The molecule has 0 aromatic heterocycles. The van der Waals surface area contributed by atoms with Crippen LogP contribution in [-0.4, -0.2) is 58.8 Å².